The highest BCUT2D eigenvalue weighted by Crippen LogP contribution is 2.16. The second-order valence-electron chi connectivity index (χ2n) is 7.65. The number of benzene rings is 2. The molecular weight excluding hydrogens is 378 g/mol. The van der Waals surface area contributed by atoms with Crippen molar-refractivity contribution in [2.45, 2.75) is 31.8 Å². The van der Waals surface area contributed by atoms with Crippen LogP contribution in [0.15, 0.2) is 59.4 Å². The summed E-state index contributed by atoms with van der Waals surface area (Å²) < 4.78 is 5.16. The number of ether oxygens (including phenoxy) is 1. The molecule has 4 rings (SSSR count). The van der Waals surface area contributed by atoms with E-state index >= 15 is 0 Å². The summed E-state index contributed by atoms with van der Waals surface area (Å²) in [6.45, 7) is 3.00. The van der Waals surface area contributed by atoms with Gasteiger partial charge in [0.25, 0.3) is 5.56 Å². The maximum Gasteiger partial charge on any atom is 0.274 e. The fourth-order valence-electron chi connectivity index (χ4n) is 3.75. The van der Waals surface area contributed by atoms with Crippen molar-refractivity contribution in [1.82, 2.24) is 20.1 Å². The molecule has 1 aromatic heterocycles. The highest BCUT2D eigenvalue weighted by molar-refractivity contribution is 5.30. The molecule has 1 aliphatic heterocycles. The van der Waals surface area contributed by atoms with Crippen molar-refractivity contribution in [2.75, 3.05) is 25.5 Å². The van der Waals surface area contributed by atoms with E-state index in [4.69, 9.17) is 4.74 Å². The summed E-state index contributed by atoms with van der Waals surface area (Å²) in [7, 11) is 1.63. The summed E-state index contributed by atoms with van der Waals surface area (Å²) >= 11 is 0. The monoisotopic (exact) mass is 405 g/mol. The van der Waals surface area contributed by atoms with Gasteiger partial charge in [-0.05, 0) is 36.1 Å². The van der Waals surface area contributed by atoms with Gasteiger partial charge in [0.2, 0.25) is 5.95 Å². The van der Waals surface area contributed by atoms with E-state index < -0.39 is 0 Å². The van der Waals surface area contributed by atoms with Gasteiger partial charge in [0.05, 0.1) is 7.11 Å². The second-order valence-corrected chi connectivity index (χ2v) is 7.65. The molecule has 1 saturated heterocycles. The molecule has 0 amide bonds. The standard InChI is InChI=1S/C23H27N5O2/c1-30-20-9-7-17(8-10-20)15-21-22(29)25-23(27-26-21)24-19-11-13-28(14-12-19)16-18-5-3-2-4-6-18/h2-10,19H,11-16H2,1H3,(H2,24,25,27,29). The average Bonchev–Trinajstić information content (AvgIpc) is 2.78. The first-order chi connectivity index (χ1) is 14.7. The number of aromatic nitrogens is 3. The number of methoxy groups -OCH3 is 1. The van der Waals surface area contributed by atoms with Gasteiger partial charge in [0.1, 0.15) is 11.4 Å². The van der Waals surface area contributed by atoms with Gasteiger partial charge >= 0.3 is 0 Å². The first-order valence-corrected chi connectivity index (χ1v) is 10.3. The van der Waals surface area contributed by atoms with Crippen LogP contribution in [-0.2, 0) is 13.0 Å². The highest BCUT2D eigenvalue weighted by Gasteiger charge is 2.20. The van der Waals surface area contributed by atoms with Crippen LogP contribution < -0.4 is 15.6 Å². The summed E-state index contributed by atoms with van der Waals surface area (Å²) in [5.41, 5.74) is 2.53. The maximum absolute atomic E-state index is 12.4. The van der Waals surface area contributed by atoms with Crippen LogP contribution in [0.5, 0.6) is 5.75 Å². The molecule has 30 heavy (non-hydrogen) atoms. The van der Waals surface area contributed by atoms with Crippen molar-refractivity contribution in [3.8, 4) is 5.75 Å². The van der Waals surface area contributed by atoms with Crippen molar-refractivity contribution in [2.24, 2.45) is 0 Å². The van der Waals surface area contributed by atoms with Gasteiger partial charge in [-0.1, -0.05) is 42.5 Å². The van der Waals surface area contributed by atoms with E-state index in [0.717, 1.165) is 43.8 Å². The third-order valence-electron chi connectivity index (χ3n) is 5.47. The van der Waals surface area contributed by atoms with Gasteiger partial charge in [0, 0.05) is 32.1 Å². The molecule has 0 saturated carbocycles. The molecular formula is C23H27N5O2. The van der Waals surface area contributed by atoms with E-state index in [2.05, 4.69) is 49.7 Å². The van der Waals surface area contributed by atoms with E-state index in [1.54, 1.807) is 7.11 Å². The zero-order chi connectivity index (χ0) is 20.8. The van der Waals surface area contributed by atoms with E-state index in [1.807, 2.05) is 30.3 Å². The van der Waals surface area contributed by atoms with Crippen LogP contribution in [0.25, 0.3) is 0 Å². The molecule has 0 aliphatic carbocycles. The van der Waals surface area contributed by atoms with Crippen LogP contribution in [0.2, 0.25) is 0 Å². The van der Waals surface area contributed by atoms with Crippen molar-refractivity contribution in [3.05, 3.63) is 81.8 Å². The number of rotatable bonds is 7. The molecule has 0 unspecified atom stereocenters. The molecule has 7 heteroatoms. The molecule has 0 atom stereocenters. The normalized spacial score (nSPS) is 15.1. The van der Waals surface area contributed by atoms with Crippen LogP contribution in [0.1, 0.15) is 29.7 Å². The lowest BCUT2D eigenvalue weighted by Crippen LogP contribution is -2.39. The van der Waals surface area contributed by atoms with E-state index in [0.29, 0.717) is 18.1 Å². The summed E-state index contributed by atoms with van der Waals surface area (Å²) in [5.74, 6) is 1.23. The maximum atomic E-state index is 12.4. The van der Waals surface area contributed by atoms with Crippen LogP contribution in [-0.4, -0.2) is 46.3 Å². The number of anilines is 1. The minimum absolute atomic E-state index is 0.204. The number of piperidine rings is 1. The van der Waals surface area contributed by atoms with Gasteiger partial charge in [-0.15, -0.1) is 10.2 Å². The molecule has 156 valence electrons. The Morgan fingerprint density at radius 3 is 2.43 bits per heavy atom. The van der Waals surface area contributed by atoms with Gasteiger partial charge in [0.15, 0.2) is 0 Å². The molecule has 0 radical (unpaired) electrons. The molecule has 7 nitrogen and oxygen atoms in total. The predicted octanol–water partition coefficient (Wildman–Crippen LogP) is 2.84. The third kappa shape index (κ3) is 5.24. The molecule has 0 spiro atoms. The zero-order valence-corrected chi connectivity index (χ0v) is 17.2. The summed E-state index contributed by atoms with van der Waals surface area (Å²) in [6.07, 6.45) is 2.44. The minimum atomic E-state index is -0.204. The third-order valence-corrected chi connectivity index (χ3v) is 5.47. The molecule has 2 heterocycles. The van der Waals surface area contributed by atoms with E-state index in [1.165, 1.54) is 5.56 Å². The van der Waals surface area contributed by atoms with Gasteiger partial charge in [-0.3, -0.25) is 14.7 Å². The Balaban J connectivity index is 1.30. The van der Waals surface area contributed by atoms with Crippen molar-refractivity contribution in [1.29, 1.82) is 0 Å². The lowest BCUT2D eigenvalue weighted by atomic mass is 10.0. The molecule has 2 N–H and O–H groups in total. The fourth-order valence-corrected chi connectivity index (χ4v) is 3.75. The zero-order valence-electron chi connectivity index (χ0n) is 17.2. The molecule has 1 aliphatic rings. The van der Waals surface area contributed by atoms with Gasteiger partial charge < -0.3 is 10.1 Å². The Kier molecular flexibility index (Phi) is 6.39. The smallest absolute Gasteiger partial charge is 0.274 e. The Bertz CT molecular complexity index is 996. The first-order valence-electron chi connectivity index (χ1n) is 10.3. The number of aromatic amines is 1. The molecule has 1 fully saturated rings. The number of nitrogens with one attached hydrogen (secondary N) is 2. The van der Waals surface area contributed by atoms with Gasteiger partial charge in [-0.2, -0.15) is 0 Å². The summed E-state index contributed by atoms with van der Waals surface area (Å²) in [5, 5.41) is 11.7. The number of hydrogen-bond donors (Lipinski definition) is 2. The van der Waals surface area contributed by atoms with Crippen LogP contribution in [0.4, 0.5) is 5.95 Å². The second kappa shape index (κ2) is 9.54. The Labute approximate surface area is 176 Å². The summed E-state index contributed by atoms with van der Waals surface area (Å²) in [4.78, 5) is 17.7. The van der Waals surface area contributed by atoms with Crippen LogP contribution >= 0.6 is 0 Å². The van der Waals surface area contributed by atoms with E-state index in [9.17, 15) is 4.79 Å². The lowest BCUT2D eigenvalue weighted by Gasteiger charge is -2.32. The van der Waals surface area contributed by atoms with Crippen LogP contribution in [0, 0.1) is 0 Å². The largest absolute Gasteiger partial charge is 0.497 e. The molecule has 2 aromatic carbocycles. The van der Waals surface area contributed by atoms with Crippen LogP contribution in [0.3, 0.4) is 0 Å². The van der Waals surface area contributed by atoms with Crippen molar-refractivity contribution >= 4 is 5.95 Å². The highest BCUT2D eigenvalue weighted by atomic mass is 16.5. The first kappa shape index (κ1) is 20.1. The Hall–Kier alpha value is -3.19. The predicted molar refractivity (Wildman–Crippen MR) is 117 cm³/mol. The average molecular weight is 406 g/mol. The number of nitrogens with zero attached hydrogens (tertiary/aromatic N) is 3. The Morgan fingerprint density at radius 1 is 1.03 bits per heavy atom. The van der Waals surface area contributed by atoms with Gasteiger partial charge in [-0.25, -0.2) is 0 Å². The summed E-state index contributed by atoms with van der Waals surface area (Å²) in [6, 6.07) is 18.4. The number of hydrogen-bond acceptors (Lipinski definition) is 6. The van der Waals surface area contributed by atoms with Crippen molar-refractivity contribution in [3.63, 3.8) is 0 Å². The molecule has 0 bridgehead atoms. The Morgan fingerprint density at radius 2 is 1.77 bits per heavy atom. The SMILES string of the molecule is COc1ccc(Cc2nnc(NC3CCN(Cc4ccccc4)CC3)[nH]c2=O)cc1. The number of likely N-dealkylation sites (tertiary alicyclic amines) is 1. The number of H-pyrrole nitrogens is 1. The topological polar surface area (TPSA) is 83.1 Å². The molecule has 3 aromatic rings. The fraction of sp³-hybridized carbons (Fsp3) is 0.348. The van der Waals surface area contributed by atoms with E-state index in [-0.39, 0.29) is 11.6 Å². The quantitative estimate of drug-likeness (QED) is 0.629. The lowest BCUT2D eigenvalue weighted by molar-refractivity contribution is 0.211. The van der Waals surface area contributed by atoms with Crippen molar-refractivity contribution < 1.29 is 4.74 Å². The minimum Gasteiger partial charge on any atom is -0.497 e.